The highest BCUT2D eigenvalue weighted by atomic mass is 35.5. The quantitative estimate of drug-likeness (QED) is 0.522. The van der Waals surface area contributed by atoms with Crippen LogP contribution in [0.25, 0.3) is 10.2 Å². The van der Waals surface area contributed by atoms with Gasteiger partial charge in [0.1, 0.15) is 17.1 Å². The molecule has 9 heteroatoms. The van der Waals surface area contributed by atoms with E-state index in [4.69, 9.17) is 9.47 Å². The second-order valence-electron chi connectivity index (χ2n) is 7.08. The number of amides is 1. The first kappa shape index (κ1) is 23.4. The van der Waals surface area contributed by atoms with Crippen molar-refractivity contribution in [2.24, 2.45) is 0 Å². The van der Waals surface area contributed by atoms with E-state index in [0.29, 0.717) is 28.5 Å². The number of para-hydroxylation sites is 1. The van der Waals surface area contributed by atoms with Gasteiger partial charge in [0, 0.05) is 31.7 Å². The van der Waals surface area contributed by atoms with Gasteiger partial charge in [0.25, 0.3) is 5.91 Å². The lowest BCUT2D eigenvalue weighted by molar-refractivity contribution is 0.0376. The van der Waals surface area contributed by atoms with Gasteiger partial charge in [-0.3, -0.25) is 14.6 Å². The Balaban J connectivity index is 0.00000272. The monoisotopic (exact) mass is 465 g/mol. The molecule has 0 saturated carbocycles. The van der Waals surface area contributed by atoms with Gasteiger partial charge in [-0.2, -0.15) is 0 Å². The number of nitrogens with zero attached hydrogens (tertiary/aromatic N) is 3. The highest BCUT2D eigenvalue weighted by Crippen LogP contribution is 2.31. The summed E-state index contributed by atoms with van der Waals surface area (Å²) in [4.78, 5) is 21.8. The predicted octanol–water partition coefficient (Wildman–Crippen LogP) is 4.23. The van der Waals surface area contributed by atoms with Gasteiger partial charge in [-0.1, -0.05) is 23.5 Å². The standard InChI is InChI=1S/C22H24FN3O3S.ClH/c1-28-17-6-2-5-16(15-17)21(27)26(10-4-9-25-11-13-29-14-12-25)22-24-20-18(23)7-3-8-19(20)30-22;/h2-3,5-8,15H,4,9-14H2,1H3;1H. The van der Waals surface area contributed by atoms with Crippen LogP contribution in [0.1, 0.15) is 16.8 Å². The van der Waals surface area contributed by atoms with Crippen LogP contribution in [0.5, 0.6) is 5.75 Å². The van der Waals surface area contributed by atoms with E-state index in [9.17, 15) is 9.18 Å². The molecule has 31 heavy (non-hydrogen) atoms. The summed E-state index contributed by atoms with van der Waals surface area (Å²) < 4.78 is 25.6. The van der Waals surface area contributed by atoms with E-state index < -0.39 is 0 Å². The van der Waals surface area contributed by atoms with Crippen molar-refractivity contribution in [2.45, 2.75) is 6.42 Å². The lowest BCUT2D eigenvalue weighted by atomic mass is 10.2. The number of hydrogen-bond acceptors (Lipinski definition) is 6. The maximum Gasteiger partial charge on any atom is 0.260 e. The number of halogens is 2. The van der Waals surface area contributed by atoms with E-state index in [0.717, 1.165) is 44.0 Å². The van der Waals surface area contributed by atoms with Gasteiger partial charge in [-0.15, -0.1) is 12.4 Å². The number of anilines is 1. The summed E-state index contributed by atoms with van der Waals surface area (Å²) in [7, 11) is 1.57. The zero-order valence-corrected chi connectivity index (χ0v) is 18.9. The maximum absolute atomic E-state index is 14.2. The molecule has 1 amide bonds. The molecule has 4 rings (SSSR count). The van der Waals surface area contributed by atoms with Crippen LogP contribution in [0.2, 0.25) is 0 Å². The van der Waals surface area contributed by atoms with Crippen LogP contribution in [0.4, 0.5) is 9.52 Å². The van der Waals surface area contributed by atoms with Crippen molar-refractivity contribution < 1.29 is 18.7 Å². The van der Waals surface area contributed by atoms with Crippen LogP contribution >= 0.6 is 23.7 Å². The number of thiazole rings is 1. The molecule has 1 fully saturated rings. The van der Waals surface area contributed by atoms with Gasteiger partial charge in [-0.05, 0) is 36.8 Å². The molecular formula is C22H25ClFN3O3S. The van der Waals surface area contributed by atoms with Gasteiger partial charge in [0.15, 0.2) is 5.13 Å². The lowest BCUT2D eigenvalue weighted by Gasteiger charge is -2.27. The van der Waals surface area contributed by atoms with Gasteiger partial charge in [0.2, 0.25) is 0 Å². The van der Waals surface area contributed by atoms with Crippen LogP contribution in [-0.4, -0.2) is 62.3 Å². The van der Waals surface area contributed by atoms with Crippen molar-refractivity contribution >= 4 is 45.0 Å². The fourth-order valence-corrected chi connectivity index (χ4v) is 4.50. The van der Waals surface area contributed by atoms with E-state index in [1.165, 1.54) is 17.4 Å². The summed E-state index contributed by atoms with van der Waals surface area (Å²) in [6.45, 7) is 4.64. The molecule has 0 unspecified atom stereocenters. The minimum absolute atomic E-state index is 0. The summed E-state index contributed by atoms with van der Waals surface area (Å²) in [6.07, 6.45) is 0.786. The molecule has 0 atom stereocenters. The molecule has 0 spiro atoms. The fourth-order valence-electron chi connectivity index (χ4n) is 3.49. The summed E-state index contributed by atoms with van der Waals surface area (Å²) >= 11 is 1.33. The Hall–Kier alpha value is -2.26. The third kappa shape index (κ3) is 5.51. The Kier molecular flexibility index (Phi) is 8.20. The summed E-state index contributed by atoms with van der Waals surface area (Å²) in [5.74, 6) is 0.0666. The molecule has 1 aliphatic heterocycles. The van der Waals surface area contributed by atoms with Crippen LogP contribution in [0.15, 0.2) is 42.5 Å². The van der Waals surface area contributed by atoms with E-state index in [2.05, 4.69) is 9.88 Å². The molecule has 2 aromatic carbocycles. The topological polar surface area (TPSA) is 54.9 Å². The molecule has 0 bridgehead atoms. The number of hydrogen-bond donors (Lipinski definition) is 0. The number of carbonyl (C=O) groups excluding carboxylic acids is 1. The Bertz CT molecular complexity index is 1030. The number of morpholine rings is 1. The molecule has 166 valence electrons. The molecule has 1 aromatic heterocycles. The summed E-state index contributed by atoms with van der Waals surface area (Å²) in [6, 6.07) is 11.9. The summed E-state index contributed by atoms with van der Waals surface area (Å²) in [5.41, 5.74) is 0.814. The normalized spacial score (nSPS) is 14.3. The number of benzene rings is 2. The molecule has 3 aromatic rings. The largest absolute Gasteiger partial charge is 0.497 e. The lowest BCUT2D eigenvalue weighted by Crippen LogP contribution is -2.39. The number of ether oxygens (including phenoxy) is 2. The minimum Gasteiger partial charge on any atom is -0.497 e. The SMILES string of the molecule is COc1cccc(C(=O)N(CCCN2CCOCC2)c2nc3c(F)cccc3s2)c1.Cl. The Morgan fingerprint density at radius 2 is 2.03 bits per heavy atom. The van der Waals surface area contributed by atoms with E-state index >= 15 is 0 Å². The van der Waals surface area contributed by atoms with Crippen LogP contribution in [0, 0.1) is 5.82 Å². The van der Waals surface area contributed by atoms with Gasteiger partial charge >= 0.3 is 0 Å². The van der Waals surface area contributed by atoms with Crippen LogP contribution in [0.3, 0.4) is 0 Å². The fraction of sp³-hybridized carbons (Fsp3) is 0.364. The molecule has 1 aliphatic rings. The molecule has 0 aliphatic carbocycles. The zero-order chi connectivity index (χ0) is 20.9. The second-order valence-corrected chi connectivity index (χ2v) is 8.09. The van der Waals surface area contributed by atoms with E-state index in [-0.39, 0.29) is 24.1 Å². The molecule has 0 N–H and O–H groups in total. The maximum atomic E-state index is 14.2. The average molecular weight is 466 g/mol. The molecule has 6 nitrogen and oxygen atoms in total. The second kappa shape index (κ2) is 10.9. The highest BCUT2D eigenvalue weighted by Gasteiger charge is 2.23. The number of rotatable bonds is 7. The van der Waals surface area contributed by atoms with Crippen molar-refractivity contribution in [3.8, 4) is 5.75 Å². The van der Waals surface area contributed by atoms with Gasteiger partial charge in [-0.25, -0.2) is 9.37 Å². The van der Waals surface area contributed by atoms with E-state index in [1.54, 1.807) is 42.3 Å². The Labute approximate surface area is 191 Å². The molecule has 1 saturated heterocycles. The Morgan fingerprint density at radius 3 is 2.77 bits per heavy atom. The van der Waals surface area contributed by atoms with Crippen LogP contribution < -0.4 is 9.64 Å². The first-order valence-corrected chi connectivity index (χ1v) is 10.8. The predicted molar refractivity (Wildman–Crippen MR) is 123 cm³/mol. The van der Waals surface area contributed by atoms with E-state index in [1.807, 2.05) is 6.07 Å². The van der Waals surface area contributed by atoms with Crippen LogP contribution in [-0.2, 0) is 4.74 Å². The van der Waals surface area contributed by atoms with Crippen molar-refractivity contribution in [1.82, 2.24) is 9.88 Å². The third-order valence-electron chi connectivity index (χ3n) is 5.11. The minimum atomic E-state index is -0.378. The molecule has 2 heterocycles. The molecule has 0 radical (unpaired) electrons. The number of carbonyl (C=O) groups is 1. The van der Waals surface area contributed by atoms with Crippen molar-refractivity contribution in [2.75, 3.05) is 51.4 Å². The number of fused-ring (bicyclic) bond motifs is 1. The van der Waals surface area contributed by atoms with Crippen molar-refractivity contribution in [1.29, 1.82) is 0 Å². The summed E-state index contributed by atoms with van der Waals surface area (Å²) in [5, 5.41) is 0.505. The average Bonchev–Trinajstić information content (AvgIpc) is 3.22. The highest BCUT2D eigenvalue weighted by molar-refractivity contribution is 7.22. The number of methoxy groups -OCH3 is 1. The number of aromatic nitrogens is 1. The third-order valence-corrected chi connectivity index (χ3v) is 6.15. The van der Waals surface area contributed by atoms with Gasteiger partial charge in [0.05, 0.1) is 25.0 Å². The zero-order valence-electron chi connectivity index (χ0n) is 17.3. The first-order chi connectivity index (χ1) is 14.7. The molecular weight excluding hydrogens is 441 g/mol. The van der Waals surface area contributed by atoms with Crippen molar-refractivity contribution in [3.05, 3.63) is 53.8 Å². The Morgan fingerprint density at radius 1 is 1.26 bits per heavy atom. The smallest absolute Gasteiger partial charge is 0.260 e. The van der Waals surface area contributed by atoms with Gasteiger partial charge < -0.3 is 9.47 Å². The first-order valence-electron chi connectivity index (χ1n) is 9.97. The van der Waals surface area contributed by atoms with Crippen molar-refractivity contribution in [3.63, 3.8) is 0 Å².